The van der Waals surface area contributed by atoms with Crippen molar-refractivity contribution in [1.82, 2.24) is 0 Å². The van der Waals surface area contributed by atoms with Crippen LogP contribution in [0.2, 0.25) is 0 Å². The number of esters is 1. The van der Waals surface area contributed by atoms with E-state index in [4.69, 9.17) is 9.47 Å². The topological polar surface area (TPSA) is 99.5 Å². The van der Waals surface area contributed by atoms with E-state index in [0.29, 0.717) is 53.8 Å². The van der Waals surface area contributed by atoms with E-state index in [0.717, 1.165) is 19.3 Å². The Kier molecular flexibility index (Phi) is 6.09. The Morgan fingerprint density at radius 2 is 1.66 bits per heavy atom. The quantitative estimate of drug-likeness (QED) is 0.354. The van der Waals surface area contributed by atoms with E-state index in [2.05, 4.69) is 48.5 Å². The van der Waals surface area contributed by atoms with Crippen LogP contribution in [0.5, 0.6) is 0 Å². The maximum atomic E-state index is 12.5. The Labute approximate surface area is 229 Å². The van der Waals surface area contributed by atoms with Crippen LogP contribution in [0, 0.1) is 63.6 Å². The molecule has 3 N–H and O–H groups in total. The number of fused-ring (bicyclic) bond motifs is 4. The first-order valence-corrected chi connectivity index (χ1v) is 15.5. The number of aliphatic hydroxyl groups is 3. The van der Waals surface area contributed by atoms with Gasteiger partial charge in [0.05, 0.1) is 24.4 Å². The van der Waals surface area contributed by atoms with Gasteiger partial charge in [0.1, 0.15) is 11.7 Å². The fraction of sp³-hybridized carbons (Fsp3) is 0.969. The molecule has 6 fully saturated rings. The molecule has 0 radical (unpaired) electrons. The molecule has 1 heterocycles. The second kappa shape index (κ2) is 8.42. The average Bonchev–Trinajstić information content (AvgIpc) is 3.68. The van der Waals surface area contributed by atoms with Gasteiger partial charge in [0.2, 0.25) is 0 Å². The monoisotopic (exact) mass is 532 g/mol. The van der Waals surface area contributed by atoms with Crippen LogP contribution in [0.4, 0.5) is 0 Å². The van der Waals surface area contributed by atoms with Crippen LogP contribution in [0.3, 0.4) is 0 Å². The predicted octanol–water partition coefficient (Wildman–Crippen LogP) is 4.58. The van der Waals surface area contributed by atoms with Crippen LogP contribution in [0.1, 0.15) is 93.9 Å². The van der Waals surface area contributed by atoms with Crippen molar-refractivity contribution in [2.45, 2.75) is 130 Å². The number of hydrogen-bond donors (Lipinski definition) is 3. The third-order valence-electron chi connectivity index (χ3n) is 14.2. The molecule has 1 spiro atoms. The number of rotatable bonds is 5. The van der Waals surface area contributed by atoms with Crippen LogP contribution in [0.15, 0.2) is 0 Å². The Morgan fingerprint density at radius 1 is 0.974 bits per heavy atom. The summed E-state index contributed by atoms with van der Waals surface area (Å²) in [6, 6.07) is 0. The summed E-state index contributed by atoms with van der Waals surface area (Å²) in [5.74, 6) is 2.76. The molecule has 6 aliphatic rings. The summed E-state index contributed by atoms with van der Waals surface area (Å²) >= 11 is 0. The Bertz CT molecular complexity index is 983. The zero-order chi connectivity index (χ0) is 27.7. The van der Waals surface area contributed by atoms with Gasteiger partial charge in [0.15, 0.2) is 0 Å². The summed E-state index contributed by atoms with van der Waals surface area (Å²) < 4.78 is 12.6. The molecule has 1 saturated heterocycles. The number of carbonyl (C=O) groups excluding carboxylic acids is 1. The highest BCUT2D eigenvalue weighted by molar-refractivity contribution is 5.66. The minimum Gasteiger partial charge on any atom is -0.459 e. The van der Waals surface area contributed by atoms with Crippen molar-refractivity contribution in [2.24, 2.45) is 63.6 Å². The first-order valence-electron chi connectivity index (χ1n) is 15.5. The summed E-state index contributed by atoms with van der Waals surface area (Å²) in [6.07, 6.45) is 2.28. The van der Waals surface area contributed by atoms with Gasteiger partial charge in [0, 0.05) is 30.1 Å². The molecule has 0 aromatic rings. The molecule has 5 aliphatic carbocycles. The lowest BCUT2D eigenvalue weighted by atomic mass is 9.42. The summed E-state index contributed by atoms with van der Waals surface area (Å²) in [4.78, 5) is 12.5. The van der Waals surface area contributed by atoms with Gasteiger partial charge in [0.25, 0.3) is 0 Å². The number of ether oxygens (including phenoxy) is 2. The van der Waals surface area contributed by atoms with E-state index in [1.54, 1.807) is 0 Å². The lowest BCUT2D eigenvalue weighted by Crippen LogP contribution is -2.71. The fourth-order valence-corrected chi connectivity index (χ4v) is 11.8. The van der Waals surface area contributed by atoms with Crippen LogP contribution in [0.25, 0.3) is 0 Å². The van der Waals surface area contributed by atoms with E-state index >= 15 is 0 Å². The molecule has 0 aromatic heterocycles. The molecular formula is C32H52O6. The van der Waals surface area contributed by atoms with Crippen LogP contribution >= 0.6 is 0 Å². The molecule has 0 aromatic carbocycles. The van der Waals surface area contributed by atoms with E-state index in [9.17, 15) is 20.1 Å². The minimum absolute atomic E-state index is 0.0233. The summed E-state index contributed by atoms with van der Waals surface area (Å²) in [5, 5.41) is 34.3. The molecule has 5 saturated carbocycles. The molecule has 6 rings (SSSR count). The molecule has 38 heavy (non-hydrogen) atoms. The fourth-order valence-electron chi connectivity index (χ4n) is 11.8. The van der Waals surface area contributed by atoms with Crippen LogP contribution in [-0.2, 0) is 14.3 Å². The molecule has 0 bridgehead atoms. The summed E-state index contributed by atoms with van der Waals surface area (Å²) in [6.45, 7) is 17.8. The molecule has 6 heteroatoms. The summed E-state index contributed by atoms with van der Waals surface area (Å²) in [7, 11) is 0. The van der Waals surface area contributed by atoms with Crippen molar-refractivity contribution in [3.8, 4) is 0 Å². The van der Waals surface area contributed by atoms with E-state index in [-0.39, 0.29) is 29.3 Å². The second-order valence-corrected chi connectivity index (χ2v) is 15.7. The van der Waals surface area contributed by atoms with E-state index in [1.165, 1.54) is 13.3 Å². The SMILES string of the molecule is CC(=O)OC1C(O)C2C(CC3OC34CC(O)CC(O)C24C)C2CCC(C(C)C3CC3(C)[C@@H](C)C(C)C)C21C. The van der Waals surface area contributed by atoms with Crippen molar-refractivity contribution >= 4 is 5.97 Å². The molecule has 1 aliphatic heterocycles. The van der Waals surface area contributed by atoms with Gasteiger partial charge in [-0.2, -0.15) is 0 Å². The highest BCUT2D eigenvalue weighted by Gasteiger charge is 2.81. The van der Waals surface area contributed by atoms with Gasteiger partial charge in [-0.05, 0) is 78.9 Å². The molecule has 216 valence electrons. The number of carbonyl (C=O) groups is 1. The highest BCUT2D eigenvalue weighted by atomic mass is 16.6. The normalized spacial score (nSPS) is 58.2. The van der Waals surface area contributed by atoms with Gasteiger partial charge in [-0.25, -0.2) is 0 Å². The number of epoxide rings is 1. The van der Waals surface area contributed by atoms with Crippen molar-refractivity contribution < 1.29 is 29.6 Å². The first-order chi connectivity index (χ1) is 17.6. The van der Waals surface area contributed by atoms with Crippen LogP contribution < -0.4 is 0 Å². The maximum Gasteiger partial charge on any atom is 0.303 e. The standard InChI is InChI=1S/C32H52O6/c1-15(2)17(4)29(6)14-23(29)16(3)21-9-10-22-20-12-25-32(38-25)13-19(34)11-24(35)31(32,8)26(20)27(36)28(30(21,22)7)37-18(5)33/h15-17,19-28,34-36H,9-14H2,1-8H3/t16?,17-,19?,20?,21?,22?,23?,24?,25?,26?,27?,28?,29?,30?,31?,32?/m0/s1. The first kappa shape index (κ1) is 27.5. The van der Waals surface area contributed by atoms with Gasteiger partial charge in [-0.3, -0.25) is 4.79 Å². The molecular weight excluding hydrogens is 480 g/mol. The zero-order valence-electron chi connectivity index (χ0n) is 24.8. The van der Waals surface area contributed by atoms with E-state index < -0.39 is 35.4 Å². The Hall–Kier alpha value is -0.690. The molecule has 16 atom stereocenters. The van der Waals surface area contributed by atoms with Crippen LogP contribution in [-0.4, -0.2) is 57.4 Å². The number of aliphatic hydroxyl groups excluding tert-OH is 3. The van der Waals surface area contributed by atoms with Crippen molar-refractivity contribution in [3.05, 3.63) is 0 Å². The van der Waals surface area contributed by atoms with E-state index in [1.807, 2.05) is 0 Å². The zero-order valence-corrected chi connectivity index (χ0v) is 24.8. The molecule has 6 nitrogen and oxygen atoms in total. The third kappa shape index (κ3) is 3.30. The van der Waals surface area contributed by atoms with Gasteiger partial charge < -0.3 is 24.8 Å². The Balaban J connectivity index is 1.37. The second-order valence-electron chi connectivity index (χ2n) is 15.7. The molecule has 15 unspecified atom stereocenters. The van der Waals surface area contributed by atoms with Gasteiger partial charge in [-0.1, -0.05) is 48.5 Å². The van der Waals surface area contributed by atoms with Crippen molar-refractivity contribution in [1.29, 1.82) is 0 Å². The average molecular weight is 533 g/mol. The van der Waals surface area contributed by atoms with Crippen molar-refractivity contribution in [2.75, 3.05) is 0 Å². The minimum atomic E-state index is -0.866. The number of hydrogen-bond acceptors (Lipinski definition) is 6. The Morgan fingerprint density at radius 3 is 2.29 bits per heavy atom. The van der Waals surface area contributed by atoms with Crippen molar-refractivity contribution in [3.63, 3.8) is 0 Å². The lowest BCUT2D eigenvalue weighted by Gasteiger charge is -2.63. The summed E-state index contributed by atoms with van der Waals surface area (Å²) in [5.41, 5.74) is -1.23. The molecule has 0 amide bonds. The smallest absolute Gasteiger partial charge is 0.303 e. The lowest BCUT2D eigenvalue weighted by molar-refractivity contribution is -0.252. The predicted molar refractivity (Wildman–Crippen MR) is 144 cm³/mol. The largest absolute Gasteiger partial charge is 0.459 e. The van der Waals surface area contributed by atoms with Gasteiger partial charge >= 0.3 is 5.97 Å². The van der Waals surface area contributed by atoms with Gasteiger partial charge in [-0.15, -0.1) is 0 Å². The highest BCUT2D eigenvalue weighted by Crippen LogP contribution is 2.76. The third-order valence-corrected chi connectivity index (χ3v) is 14.2. The maximum absolute atomic E-state index is 12.5.